The predicted molar refractivity (Wildman–Crippen MR) is 119 cm³/mol. The molecule has 2 aliphatic carbocycles. The molecule has 2 unspecified atom stereocenters. The summed E-state index contributed by atoms with van der Waals surface area (Å²) in [6, 6.07) is 9.66. The van der Waals surface area contributed by atoms with Crippen LogP contribution in [0, 0.1) is 11.8 Å². The number of nitrogens with one attached hydrogen (secondary N) is 2. The van der Waals surface area contributed by atoms with Crippen LogP contribution in [0.3, 0.4) is 0 Å². The third-order valence-electron chi connectivity index (χ3n) is 7.10. The Labute approximate surface area is 191 Å². The second-order valence-corrected chi connectivity index (χ2v) is 9.37. The van der Waals surface area contributed by atoms with E-state index < -0.39 is 29.9 Å². The second-order valence-electron chi connectivity index (χ2n) is 9.37. The van der Waals surface area contributed by atoms with Crippen LogP contribution in [0.25, 0.3) is 0 Å². The topological polar surface area (TPSA) is 118 Å². The van der Waals surface area contributed by atoms with Crippen molar-refractivity contribution in [3.63, 3.8) is 0 Å². The molecule has 1 fully saturated rings. The Morgan fingerprint density at radius 3 is 2.52 bits per heavy atom. The van der Waals surface area contributed by atoms with Crippen LogP contribution in [0.15, 0.2) is 42.6 Å². The van der Waals surface area contributed by atoms with Gasteiger partial charge in [0.1, 0.15) is 11.8 Å². The SMILES string of the molecule is O=C(NC(C(=O)N[C@H]1CCc2ccn3c2C1C(=O)C[C@H](C(=O)O)C3)C1CC1)c1ccccc1. The summed E-state index contributed by atoms with van der Waals surface area (Å²) in [6.07, 6.45) is 4.84. The van der Waals surface area contributed by atoms with Crippen LogP contribution < -0.4 is 10.6 Å². The number of aromatic nitrogens is 1. The molecule has 0 bridgehead atoms. The standard InChI is InChI=1S/C25H27N3O5/c29-19-12-17(25(32)33)13-28-11-10-15-8-9-18(20(19)22(15)28)26-24(31)21(14-6-7-14)27-23(30)16-4-2-1-3-5-16/h1-5,10-11,14,17-18,20-21H,6-9,12-13H2,(H,26,31)(H,27,30)(H,32,33)/t17-,18-,20?,21?/m0/s1. The molecule has 2 aromatic rings. The largest absolute Gasteiger partial charge is 0.481 e. The second kappa shape index (κ2) is 8.50. The third kappa shape index (κ3) is 4.17. The van der Waals surface area contributed by atoms with Crippen LogP contribution >= 0.6 is 0 Å². The monoisotopic (exact) mass is 449 g/mol. The average molecular weight is 450 g/mol. The summed E-state index contributed by atoms with van der Waals surface area (Å²) in [4.78, 5) is 50.8. The number of Topliss-reactive ketones (excluding diaryl/α,β-unsaturated/α-hetero) is 1. The summed E-state index contributed by atoms with van der Waals surface area (Å²) >= 11 is 0. The number of carboxylic acids is 1. The normalized spacial score (nSPS) is 24.8. The Balaban J connectivity index is 1.35. The number of aliphatic carboxylic acids is 1. The lowest BCUT2D eigenvalue weighted by Gasteiger charge is -2.33. The summed E-state index contributed by atoms with van der Waals surface area (Å²) in [5, 5.41) is 15.5. The number of hydrogen-bond acceptors (Lipinski definition) is 4. The number of rotatable bonds is 6. The number of benzene rings is 1. The van der Waals surface area contributed by atoms with E-state index in [1.165, 1.54) is 0 Å². The molecule has 0 saturated heterocycles. The number of ketones is 1. The minimum absolute atomic E-state index is 0.0513. The highest BCUT2D eigenvalue weighted by Crippen LogP contribution is 2.38. The summed E-state index contributed by atoms with van der Waals surface area (Å²) in [5.41, 5.74) is 2.37. The van der Waals surface area contributed by atoms with Gasteiger partial charge in [0.25, 0.3) is 5.91 Å². The van der Waals surface area contributed by atoms with Crippen LogP contribution in [-0.4, -0.2) is 45.3 Å². The van der Waals surface area contributed by atoms with Gasteiger partial charge >= 0.3 is 5.97 Å². The van der Waals surface area contributed by atoms with E-state index in [9.17, 15) is 24.3 Å². The van der Waals surface area contributed by atoms with Crippen LogP contribution in [0.4, 0.5) is 0 Å². The smallest absolute Gasteiger partial charge is 0.308 e. The first-order valence-electron chi connectivity index (χ1n) is 11.5. The van der Waals surface area contributed by atoms with Gasteiger partial charge in [0, 0.05) is 36.5 Å². The quantitative estimate of drug-likeness (QED) is 0.623. The molecule has 0 spiro atoms. The van der Waals surface area contributed by atoms with Crippen LogP contribution in [-0.2, 0) is 27.3 Å². The van der Waals surface area contributed by atoms with Crippen molar-refractivity contribution in [2.75, 3.05) is 0 Å². The molecule has 1 aliphatic heterocycles. The van der Waals surface area contributed by atoms with Gasteiger partial charge in [0.2, 0.25) is 5.91 Å². The molecule has 3 aliphatic rings. The maximum Gasteiger partial charge on any atom is 0.308 e. The zero-order valence-electron chi connectivity index (χ0n) is 18.2. The fraction of sp³-hybridized carbons (Fsp3) is 0.440. The van der Waals surface area contributed by atoms with Gasteiger partial charge in [-0.1, -0.05) is 18.2 Å². The molecule has 5 rings (SSSR count). The average Bonchev–Trinajstić information content (AvgIpc) is 3.59. The van der Waals surface area contributed by atoms with Crippen molar-refractivity contribution >= 4 is 23.6 Å². The number of carbonyl (C=O) groups excluding carboxylic acids is 3. The van der Waals surface area contributed by atoms with Crippen molar-refractivity contribution < 1.29 is 24.3 Å². The Hall–Kier alpha value is -3.42. The Bertz CT molecular complexity index is 1100. The molecule has 2 heterocycles. The fourth-order valence-electron chi connectivity index (χ4n) is 5.23. The molecule has 3 N–H and O–H groups in total. The predicted octanol–water partition coefficient (Wildman–Crippen LogP) is 1.88. The summed E-state index contributed by atoms with van der Waals surface area (Å²) in [5.74, 6) is -2.97. The summed E-state index contributed by atoms with van der Waals surface area (Å²) in [6.45, 7) is 0.255. The van der Waals surface area contributed by atoms with Gasteiger partial charge in [-0.2, -0.15) is 0 Å². The lowest BCUT2D eigenvalue weighted by Crippen LogP contribution is -2.53. The van der Waals surface area contributed by atoms with E-state index in [-0.39, 0.29) is 36.5 Å². The van der Waals surface area contributed by atoms with Crippen molar-refractivity contribution in [1.29, 1.82) is 0 Å². The van der Waals surface area contributed by atoms with E-state index in [2.05, 4.69) is 10.6 Å². The van der Waals surface area contributed by atoms with E-state index >= 15 is 0 Å². The minimum Gasteiger partial charge on any atom is -0.481 e. The van der Waals surface area contributed by atoms with Gasteiger partial charge in [-0.05, 0) is 55.4 Å². The maximum absolute atomic E-state index is 13.3. The first-order chi connectivity index (χ1) is 15.9. The number of amides is 2. The van der Waals surface area contributed by atoms with Crippen LogP contribution in [0.1, 0.15) is 53.2 Å². The maximum atomic E-state index is 13.3. The van der Waals surface area contributed by atoms with Crippen molar-refractivity contribution in [1.82, 2.24) is 15.2 Å². The van der Waals surface area contributed by atoms with Gasteiger partial charge < -0.3 is 20.3 Å². The molecule has 1 saturated carbocycles. The summed E-state index contributed by atoms with van der Waals surface area (Å²) in [7, 11) is 0. The molecule has 33 heavy (non-hydrogen) atoms. The first kappa shape index (κ1) is 21.4. The molecule has 8 nitrogen and oxygen atoms in total. The van der Waals surface area contributed by atoms with Gasteiger partial charge in [0.15, 0.2) is 0 Å². The van der Waals surface area contributed by atoms with Gasteiger partial charge in [-0.3, -0.25) is 19.2 Å². The molecule has 4 atom stereocenters. The minimum atomic E-state index is -0.984. The van der Waals surface area contributed by atoms with Crippen molar-refractivity contribution in [3.8, 4) is 0 Å². The highest BCUT2D eigenvalue weighted by Gasteiger charge is 2.44. The Kier molecular flexibility index (Phi) is 5.52. The van der Waals surface area contributed by atoms with Gasteiger partial charge in [-0.15, -0.1) is 0 Å². The number of aryl methyl sites for hydroxylation is 1. The van der Waals surface area contributed by atoms with Crippen LogP contribution in [0.2, 0.25) is 0 Å². The van der Waals surface area contributed by atoms with E-state index in [1.807, 2.05) is 22.9 Å². The Morgan fingerprint density at radius 2 is 1.82 bits per heavy atom. The molecule has 8 heteroatoms. The number of hydrogen-bond donors (Lipinski definition) is 3. The molecular weight excluding hydrogens is 422 g/mol. The highest BCUT2D eigenvalue weighted by molar-refractivity contribution is 5.98. The molecule has 1 aromatic carbocycles. The molecular formula is C25H27N3O5. The number of nitrogens with zero attached hydrogens (tertiary/aromatic N) is 1. The first-order valence-corrected chi connectivity index (χ1v) is 11.5. The lowest BCUT2D eigenvalue weighted by atomic mass is 9.79. The zero-order valence-corrected chi connectivity index (χ0v) is 18.2. The van der Waals surface area contributed by atoms with E-state index in [4.69, 9.17) is 0 Å². The summed E-state index contributed by atoms with van der Waals surface area (Å²) < 4.78 is 1.87. The van der Waals surface area contributed by atoms with E-state index in [1.54, 1.807) is 24.3 Å². The van der Waals surface area contributed by atoms with E-state index in [0.717, 1.165) is 24.1 Å². The van der Waals surface area contributed by atoms with Crippen molar-refractivity contribution in [3.05, 3.63) is 59.4 Å². The Morgan fingerprint density at radius 1 is 1.06 bits per heavy atom. The van der Waals surface area contributed by atoms with Gasteiger partial charge in [-0.25, -0.2) is 0 Å². The van der Waals surface area contributed by atoms with Crippen molar-refractivity contribution in [2.45, 2.75) is 56.7 Å². The van der Waals surface area contributed by atoms with E-state index in [0.29, 0.717) is 18.4 Å². The molecule has 0 radical (unpaired) electrons. The number of carboxylic acid groups (broad SMARTS) is 1. The molecule has 1 aromatic heterocycles. The molecule has 2 amide bonds. The van der Waals surface area contributed by atoms with Crippen LogP contribution in [0.5, 0.6) is 0 Å². The zero-order chi connectivity index (χ0) is 23.1. The van der Waals surface area contributed by atoms with Gasteiger partial charge in [0.05, 0.1) is 11.8 Å². The van der Waals surface area contributed by atoms with Crippen molar-refractivity contribution in [2.24, 2.45) is 11.8 Å². The molecule has 172 valence electrons. The fourth-order valence-corrected chi connectivity index (χ4v) is 5.23. The highest BCUT2D eigenvalue weighted by atomic mass is 16.4. The lowest BCUT2D eigenvalue weighted by molar-refractivity contribution is -0.144. The number of carbonyl (C=O) groups is 4. The third-order valence-corrected chi connectivity index (χ3v) is 7.10.